The molecular formula is C36H74O9. The fourth-order valence-corrected chi connectivity index (χ4v) is 4.47. The Balaban J connectivity index is -0.000000289. The monoisotopic (exact) mass is 651 g/mol. The third-order valence-electron chi connectivity index (χ3n) is 7.16. The molecule has 9 nitrogen and oxygen atoms in total. The number of hydrogen-bond donors (Lipinski definition) is 6. The van der Waals surface area contributed by atoms with Crippen molar-refractivity contribution >= 4 is 17.9 Å². The molecule has 0 bridgehead atoms. The molecule has 0 spiro atoms. The molecule has 6 N–H and O–H groups in total. The third-order valence-corrected chi connectivity index (χ3v) is 7.16. The number of unbranched alkanes of at least 4 members (excludes halogenated alkanes) is 23. The Morgan fingerprint density at radius 1 is 0.422 bits per heavy atom. The topological polar surface area (TPSA) is 173 Å². The highest BCUT2D eigenvalue weighted by Crippen LogP contribution is 2.14. The van der Waals surface area contributed by atoms with Gasteiger partial charge in [-0.05, 0) is 12.8 Å². The van der Waals surface area contributed by atoms with Gasteiger partial charge in [-0.2, -0.15) is 0 Å². The predicted octanol–water partition coefficient (Wildman–Crippen LogP) is 9.14. The minimum Gasteiger partial charge on any atom is -0.481 e. The fraction of sp³-hybridized carbons (Fsp3) is 0.917. The van der Waals surface area contributed by atoms with E-state index in [1.807, 2.05) is 0 Å². The summed E-state index contributed by atoms with van der Waals surface area (Å²) in [5.41, 5.74) is 0. The van der Waals surface area contributed by atoms with Crippen molar-refractivity contribution in [1.29, 1.82) is 0 Å². The van der Waals surface area contributed by atoms with E-state index in [1.165, 1.54) is 135 Å². The van der Waals surface area contributed by atoms with E-state index in [0.717, 1.165) is 32.6 Å². The van der Waals surface area contributed by atoms with Gasteiger partial charge in [-0.25, -0.2) is 0 Å². The lowest BCUT2D eigenvalue weighted by molar-refractivity contribution is -0.138. The van der Waals surface area contributed by atoms with E-state index in [0.29, 0.717) is 12.8 Å². The molecular weight excluding hydrogens is 576 g/mol. The van der Waals surface area contributed by atoms with Crippen molar-refractivity contribution in [1.82, 2.24) is 0 Å². The van der Waals surface area contributed by atoms with Crippen molar-refractivity contribution in [3.63, 3.8) is 0 Å². The molecule has 0 aliphatic carbocycles. The molecule has 45 heavy (non-hydrogen) atoms. The fourth-order valence-electron chi connectivity index (χ4n) is 4.47. The molecule has 0 amide bonds. The number of aliphatic hydroxyl groups is 3. The maximum atomic E-state index is 10.3. The number of carbonyl (C=O) groups is 3. The average Bonchev–Trinajstić information content (AvgIpc) is 2.99. The number of carboxylic acid groups (broad SMARTS) is 3. The van der Waals surface area contributed by atoms with Crippen LogP contribution in [0.2, 0.25) is 0 Å². The Kier molecular flexibility index (Phi) is 52.1. The lowest BCUT2D eigenvalue weighted by Gasteiger charge is -2.02. The van der Waals surface area contributed by atoms with Gasteiger partial charge in [0.2, 0.25) is 0 Å². The van der Waals surface area contributed by atoms with Crippen molar-refractivity contribution in [2.45, 2.75) is 200 Å². The first-order valence-electron chi connectivity index (χ1n) is 18.1. The van der Waals surface area contributed by atoms with E-state index >= 15 is 0 Å². The highest BCUT2D eigenvalue weighted by atomic mass is 16.4. The maximum Gasteiger partial charge on any atom is 0.303 e. The van der Waals surface area contributed by atoms with Gasteiger partial charge in [-0.1, -0.05) is 162 Å². The Morgan fingerprint density at radius 3 is 0.733 bits per heavy atom. The van der Waals surface area contributed by atoms with Crippen LogP contribution in [0.1, 0.15) is 194 Å². The van der Waals surface area contributed by atoms with E-state index in [2.05, 4.69) is 13.8 Å². The molecule has 0 fully saturated rings. The largest absolute Gasteiger partial charge is 0.481 e. The highest BCUT2D eigenvalue weighted by molar-refractivity contribution is 5.66. The van der Waals surface area contributed by atoms with Crippen molar-refractivity contribution in [3.8, 4) is 0 Å². The quantitative estimate of drug-likeness (QED) is 0.0431. The number of rotatable bonds is 29. The zero-order valence-corrected chi connectivity index (χ0v) is 29.5. The first-order chi connectivity index (χ1) is 21.6. The SMILES string of the molecule is CC(=O)O.CCCCCCCCCCCCCC(=O)O.CCCCCCCCCCCCCCCCC(=O)O.OCC(O)CO. The molecule has 0 aliphatic heterocycles. The molecule has 0 atom stereocenters. The Morgan fingerprint density at radius 2 is 0.600 bits per heavy atom. The summed E-state index contributed by atoms with van der Waals surface area (Å²) in [4.78, 5) is 29.6. The van der Waals surface area contributed by atoms with Crippen molar-refractivity contribution < 1.29 is 45.0 Å². The lowest BCUT2D eigenvalue weighted by atomic mass is 10.0. The summed E-state index contributed by atoms with van der Waals surface area (Å²) in [6.45, 7) is 4.87. The predicted molar refractivity (Wildman–Crippen MR) is 185 cm³/mol. The third kappa shape index (κ3) is 70.1. The number of carboxylic acids is 3. The summed E-state index contributed by atoms with van der Waals surface area (Å²) in [5, 5.41) is 48.4. The zero-order valence-electron chi connectivity index (χ0n) is 29.5. The molecule has 0 aromatic carbocycles. The molecule has 0 aromatic heterocycles. The molecule has 0 radical (unpaired) electrons. The molecule has 0 unspecified atom stereocenters. The highest BCUT2D eigenvalue weighted by Gasteiger charge is 1.98. The van der Waals surface area contributed by atoms with E-state index < -0.39 is 24.0 Å². The number of aliphatic hydroxyl groups excluding tert-OH is 3. The normalized spacial score (nSPS) is 10.2. The molecule has 0 saturated carbocycles. The van der Waals surface area contributed by atoms with Gasteiger partial charge in [0.1, 0.15) is 6.10 Å². The Bertz CT molecular complexity index is 577. The van der Waals surface area contributed by atoms with Crippen LogP contribution in [0.4, 0.5) is 0 Å². The van der Waals surface area contributed by atoms with Crippen molar-refractivity contribution in [2.24, 2.45) is 0 Å². The zero-order chi connectivity index (χ0) is 34.8. The van der Waals surface area contributed by atoms with Gasteiger partial charge in [-0.3, -0.25) is 14.4 Å². The van der Waals surface area contributed by atoms with Gasteiger partial charge in [-0.15, -0.1) is 0 Å². The van der Waals surface area contributed by atoms with Gasteiger partial charge in [0.25, 0.3) is 5.97 Å². The van der Waals surface area contributed by atoms with Gasteiger partial charge in [0, 0.05) is 19.8 Å². The first-order valence-corrected chi connectivity index (χ1v) is 18.1. The van der Waals surface area contributed by atoms with Crippen LogP contribution in [0.5, 0.6) is 0 Å². The first kappa shape index (κ1) is 50.2. The molecule has 0 aliphatic rings. The van der Waals surface area contributed by atoms with Crippen LogP contribution in [-0.4, -0.2) is 67.9 Å². The molecule has 272 valence electrons. The van der Waals surface area contributed by atoms with Crippen molar-refractivity contribution in [3.05, 3.63) is 0 Å². The van der Waals surface area contributed by atoms with Crippen LogP contribution in [0, 0.1) is 0 Å². The molecule has 0 saturated heterocycles. The smallest absolute Gasteiger partial charge is 0.303 e. The van der Waals surface area contributed by atoms with E-state index in [-0.39, 0.29) is 13.2 Å². The van der Waals surface area contributed by atoms with E-state index in [9.17, 15) is 9.59 Å². The summed E-state index contributed by atoms with van der Waals surface area (Å²) in [7, 11) is 0. The lowest BCUT2D eigenvalue weighted by Crippen LogP contribution is -2.15. The van der Waals surface area contributed by atoms with Gasteiger partial charge < -0.3 is 30.6 Å². The summed E-state index contributed by atoms with van der Waals surface area (Å²) in [6.07, 6.45) is 32.1. The second kappa shape index (κ2) is 46.7. The van der Waals surface area contributed by atoms with Crippen LogP contribution in [0.3, 0.4) is 0 Å². The van der Waals surface area contributed by atoms with Crippen LogP contribution in [-0.2, 0) is 14.4 Å². The van der Waals surface area contributed by atoms with E-state index in [4.69, 9.17) is 35.4 Å². The molecule has 0 heterocycles. The maximum absolute atomic E-state index is 10.3. The molecule has 9 heteroatoms. The van der Waals surface area contributed by atoms with Gasteiger partial charge in [0.05, 0.1) is 13.2 Å². The van der Waals surface area contributed by atoms with Gasteiger partial charge in [0.15, 0.2) is 0 Å². The van der Waals surface area contributed by atoms with Crippen LogP contribution in [0.25, 0.3) is 0 Å². The van der Waals surface area contributed by atoms with Crippen molar-refractivity contribution in [2.75, 3.05) is 13.2 Å². The van der Waals surface area contributed by atoms with Crippen LogP contribution in [0.15, 0.2) is 0 Å². The Labute approximate surface area is 276 Å². The van der Waals surface area contributed by atoms with E-state index in [1.54, 1.807) is 0 Å². The minimum atomic E-state index is -0.954. The summed E-state index contributed by atoms with van der Waals surface area (Å²) in [5.74, 6) is -2.14. The second-order valence-corrected chi connectivity index (χ2v) is 12.0. The molecule has 0 rings (SSSR count). The molecule has 0 aromatic rings. The summed E-state index contributed by atoms with van der Waals surface area (Å²) in [6, 6.07) is 0. The second-order valence-electron chi connectivity index (χ2n) is 12.0. The van der Waals surface area contributed by atoms with Gasteiger partial charge >= 0.3 is 11.9 Å². The van der Waals surface area contributed by atoms with Crippen LogP contribution < -0.4 is 0 Å². The number of hydrogen-bond acceptors (Lipinski definition) is 6. The Hall–Kier alpha value is -1.71. The average molecular weight is 651 g/mol. The summed E-state index contributed by atoms with van der Waals surface area (Å²) < 4.78 is 0. The number of aliphatic carboxylic acids is 3. The summed E-state index contributed by atoms with van der Waals surface area (Å²) >= 11 is 0. The minimum absolute atomic E-state index is 0.344. The van der Waals surface area contributed by atoms with Crippen LogP contribution >= 0.6 is 0 Å². The standard InChI is InChI=1S/C17H34O2.C14H28O2.C3H8O3.C2H4O2/c1-2-3-4-5-6-7-8-9-10-11-12-13-14-15-16-17(18)19;1-2-3-4-5-6-7-8-9-10-11-12-13-14(15)16;4-1-3(6)2-5;1-2(3)4/h2-16H2,1H3,(H,18,19);2-13H2,1H3,(H,15,16);3-6H,1-2H2;1H3,(H,3,4).